The van der Waals surface area contributed by atoms with Gasteiger partial charge in [-0.25, -0.2) is 0 Å². The number of fused-ring (bicyclic) bond motifs is 1. The Balaban J connectivity index is 0.000000359. The number of anilines is 1. The second-order valence-corrected chi connectivity index (χ2v) is 8.91. The largest absolute Gasteiger partial charge is 0.544 e. The molecule has 0 spiro atoms. The van der Waals surface area contributed by atoms with Crippen LogP contribution in [0.5, 0.6) is 0 Å². The molecule has 1 heterocycles. The lowest BCUT2D eigenvalue weighted by Crippen LogP contribution is -2.45. The summed E-state index contributed by atoms with van der Waals surface area (Å²) in [5.74, 6) is -0.828. The van der Waals surface area contributed by atoms with E-state index in [0.29, 0.717) is 23.4 Å². The van der Waals surface area contributed by atoms with Gasteiger partial charge in [-0.3, -0.25) is 4.55 Å². The van der Waals surface area contributed by atoms with Crippen LogP contribution in [-0.2, 0) is 14.9 Å². The standard InChI is InChI=1S/C13H17NO3S.C5H11NO2/c1-11-7-9-14(8-4-10-18(15,16)17)13-6-3-2-5-12(11)13;1-6(2,3)4-5(7)8/h2-3,5-7,9,11H,4,8,10H2,1H3,(H,15,16,17);4H2,1-3H3. The molecule has 1 unspecified atom stereocenters. The number of likely N-dealkylation sites (N-methyl/N-ethyl adjacent to an activating group) is 1. The average Bonchev–Trinajstić information content (AvgIpc) is 2.47. The summed E-state index contributed by atoms with van der Waals surface area (Å²) < 4.78 is 30.5. The number of carbonyl (C=O) groups excluding carboxylic acids is 1. The molecule has 0 fully saturated rings. The van der Waals surface area contributed by atoms with Gasteiger partial charge in [-0.15, -0.1) is 0 Å². The second kappa shape index (κ2) is 9.16. The molecule has 26 heavy (non-hydrogen) atoms. The van der Waals surface area contributed by atoms with Gasteiger partial charge in [0.25, 0.3) is 10.1 Å². The molecule has 1 aromatic rings. The molecular formula is C18H28N2O5S. The average molecular weight is 384 g/mol. The summed E-state index contributed by atoms with van der Waals surface area (Å²) in [6.07, 6.45) is 4.48. The molecule has 1 N–H and O–H groups in total. The summed E-state index contributed by atoms with van der Waals surface area (Å²) in [4.78, 5) is 11.9. The number of aliphatic carboxylic acids is 1. The maximum atomic E-state index is 10.7. The molecule has 0 saturated heterocycles. The van der Waals surface area contributed by atoms with Crippen LogP contribution >= 0.6 is 0 Å². The monoisotopic (exact) mass is 384 g/mol. The molecule has 8 heteroatoms. The Morgan fingerprint density at radius 2 is 1.88 bits per heavy atom. The van der Waals surface area contributed by atoms with Gasteiger partial charge in [-0.1, -0.05) is 31.2 Å². The fourth-order valence-corrected chi connectivity index (χ4v) is 3.04. The first-order chi connectivity index (χ1) is 11.9. The number of allylic oxidation sites excluding steroid dienone is 1. The van der Waals surface area contributed by atoms with Crippen LogP contribution in [0.2, 0.25) is 0 Å². The highest BCUT2D eigenvalue weighted by Crippen LogP contribution is 2.32. The molecule has 1 aliphatic heterocycles. The predicted molar refractivity (Wildman–Crippen MR) is 100 cm³/mol. The Labute approximate surface area is 155 Å². The summed E-state index contributed by atoms with van der Waals surface area (Å²) in [6, 6.07) is 8.09. The number of para-hydroxylation sites is 1. The Kier molecular flexibility index (Phi) is 7.80. The molecule has 0 radical (unpaired) electrons. The summed E-state index contributed by atoms with van der Waals surface area (Å²) in [7, 11) is 1.54. The fourth-order valence-electron chi connectivity index (χ4n) is 2.55. The van der Waals surface area contributed by atoms with Crippen LogP contribution in [0.25, 0.3) is 0 Å². The van der Waals surface area contributed by atoms with E-state index in [1.54, 1.807) is 21.1 Å². The van der Waals surface area contributed by atoms with Gasteiger partial charge in [0.1, 0.15) is 6.54 Å². The number of benzene rings is 1. The molecule has 2 rings (SSSR count). The number of hydrogen-bond acceptors (Lipinski definition) is 5. The minimum Gasteiger partial charge on any atom is -0.544 e. The third-order valence-electron chi connectivity index (χ3n) is 3.70. The van der Waals surface area contributed by atoms with E-state index in [1.807, 2.05) is 29.3 Å². The molecule has 146 valence electrons. The number of carboxylic acids is 1. The zero-order valence-corrected chi connectivity index (χ0v) is 16.6. The first-order valence-corrected chi connectivity index (χ1v) is 9.99. The Hall–Kier alpha value is -1.90. The number of rotatable bonds is 6. The normalized spacial score (nSPS) is 16.5. The van der Waals surface area contributed by atoms with E-state index in [2.05, 4.69) is 19.1 Å². The third kappa shape index (κ3) is 8.46. The van der Waals surface area contributed by atoms with Crippen LogP contribution in [0.3, 0.4) is 0 Å². The van der Waals surface area contributed by atoms with E-state index in [-0.39, 0.29) is 12.3 Å². The Bertz CT molecular complexity index is 738. The Morgan fingerprint density at radius 3 is 2.38 bits per heavy atom. The minimum absolute atomic E-state index is 0.0694. The lowest BCUT2D eigenvalue weighted by atomic mass is 9.96. The van der Waals surface area contributed by atoms with Crippen LogP contribution in [0.1, 0.15) is 24.8 Å². The highest BCUT2D eigenvalue weighted by atomic mass is 32.2. The lowest BCUT2D eigenvalue weighted by Gasteiger charge is -2.29. The molecule has 7 nitrogen and oxygen atoms in total. The number of hydrogen-bond donors (Lipinski definition) is 1. The van der Waals surface area contributed by atoms with Crippen LogP contribution in [0.4, 0.5) is 5.69 Å². The zero-order valence-electron chi connectivity index (χ0n) is 15.8. The van der Waals surface area contributed by atoms with E-state index in [4.69, 9.17) is 4.55 Å². The van der Waals surface area contributed by atoms with Gasteiger partial charge in [-0.2, -0.15) is 8.42 Å². The third-order valence-corrected chi connectivity index (χ3v) is 4.50. The maximum Gasteiger partial charge on any atom is 0.264 e. The SMILES string of the molecule is CC1C=CN(CCCS(=O)(=O)O)c2ccccc21.C[N+](C)(C)CC(=O)[O-]. The van der Waals surface area contributed by atoms with Gasteiger partial charge in [0.2, 0.25) is 0 Å². The van der Waals surface area contributed by atoms with Crippen molar-refractivity contribution in [2.24, 2.45) is 0 Å². The quantitative estimate of drug-likeness (QED) is 0.577. The summed E-state index contributed by atoms with van der Waals surface area (Å²) in [5.41, 5.74) is 2.36. The smallest absolute Gasteiger partial charge is 0.264 e. The van der Waals surface area contributed by atoms with Gasteiger partial charge in [0.05, 0.1) is 32.9 Å². The number of quaternary nitrogens is 1. The van der Waals surface area contributed by atoms with Crippen LogP contribution in [-0.4, -0.2) is 63.4 Å². The van der Waals surface area contributed by atoms with Crippen molar-refractivity contribution in [3.8, 4) is 0 Å². The summed E-state index contributed by atoms with van der Waals surface area (Å²) in [5, 5.41) is 9.89. The van der Waals surface area contributed by atoms with Gasteiger partial charge < -0.3 is 19.3 Å². The highest BCUT2D eigenvalue weighted by molar-refractivity contribution is 7.85. The van der Waals surface area contributed by atoms with Gasteiger partial charge in [-0.05, 0) is 18.1 Å². The van der Waals surface area contributed by atoms with Crippen molar-refractivity contribution in [2.45, 2.75) is 19.3 Å². The molecule has 0 aliphatic carbocycles. The fraction of sp³-hybridized carbons (Fsp3) is 0.500. The van der Waals surface area contributed by atoms with Crippen molar-refractivity contribution in [3.05, 3.63) is 42.1 Å². The minimum atomic E-state index is -3.86. The van der Waals surface area contributed by atoms with Crippen LogP contribution in [0, 0.1) is 0 Å². The van der Waals surface area contributed by atoms with Crippen molar-refractivity contribution < 1.29 is 27.4 Å². The van der Waals surface area contributed by atoms with Crippen LogP contribution < -0.4 is 10.0 Å². The molecule has 0 amide bonds. The number of nitrogens with zero attached hydrogens (tertiary/aromatic N) is 2. The zero-order chi connectivity index (χ0) is 20.0. The molecule has 1 atom stereocenters. The van der Waals surface area contributed by atoms with Gasteiger partial charge in [0.15, 0.2) is 0 Å². The maximum absolute atomic E-state index is 10.7. The van der Waals surface area contributed by atoms with Crippen molar-refractivity contribution in [3.63, 3.8) is 0 Å². The van der Waals surface area contributed by atoms with E-state index >= 15 is 0 Å². The highest BCUT2D eigenvalue weighted by Gasteiger charge is 2.17. The Morgan fingerprint density at radius 1 is 1.27 bits per heavy atom. The van der Waals surface area contributed by atoms with Gasteiger partial charge >= 0.3 is 0 Å². The van der Waals surface area contributed by atoms with Gasteiger partial charge in [0, 0.05) is 24.4 Å². The molecule has 0 aromatic heterocycles. The molecular weight excluding hydrogens is 356 g/mol. The van der Waals surface area contributed by atoms with Crippen LogP contribution in [0.15, 0.2) is 36.5 Å². The van der Waals surface area contributed by atoms with E-state index < -0.39 is 16.1 Å². The first kappa shape index (κ1) is 22.1. The summed E-state index contributed by atoms with van der Waals surface area (Å²) in [6.45, 7) is 2.78. The first-order valence-electron chi connectivity index (χ1n) is 8.38. The van der Waals surface area contributed by atoms with Crippen molar-refractivity contribution in [1.82, 2.24) is 0 Å². The van der Waals surface area contributed by atoms with E-state index in [1.165, 1.54) is 5.56 Å². The predicted octanol–water partition coefficient (Wildman–Crippen LogP) is 0.844. The topological polar surface area (TPSA) is 97.7 Å². The summed E-state index contributed by atoms with van der Waals surface area (Å²) >= 11 is 0. The number of carbonyl (C=O) groups is 1. The van der Waals surface area contributed by atoms with E-state index in [9.17, 15) is 18.3 Å². The second-order valence-electron chi connectivity index (χ2n) is 7.34. The molecule has 0 saturated carbocycles. The van der Waals surface area contributed by atoms with Crippen molar-refractivity contribution in [1.29, 1.82) is 0 Å². The molecule has 1 aromatic carbocycles. The van der Waals surface area contributed by atoms with Crippen molar-refractivity contribution in [2.75, 3.05) is 44.9 Å². The number of carboxylic acid groups (broad SMARTS) is 1. The lowest BCUT2D eigenvalue weighted by molar-refractivity contribution is -0.864. The van der Waals surface area contributed by atoms with E-state index in [0.717, 1.165) is 5.69 Å². The molecule has 1 aliphatic rings. The van der Waals surface area contributed by atoms with Crippen molar-refractivity contribution >= 4 is 21.8 Å². The molecule has 0 bridgehead atoms.